The van der Waals surface area contributed by atoms with Crippen LogP contribution in [0.4, 0.5) is 4.39 Å². The zero-order chi connectivity index (χ0) is 12.5. The van der Waals surface area contributed by atoms with Gasteiger partial charge in [-0.1, -0.05) is 25.4 Å². The molecule has 1 saturated carbocycles. The van der Waals surface area contributed by atoms with E-state index in [9.17, 15) is 4.39 Å². The molecule has 1 aromatic rings. The Labute approximate surface area is 107 Å². The summed E-state index contributed by atoms with van der Waals surface area (Å²) in [6.45, 7) is 5.23. The number of benzene rings is 1. The van der Waals surface area contributed by atoms with E-state index in [1.807, 2.05) is 0 Å². The van der Waals surface area contributed by atoms with Crippen LogP contribution in [0.3, 0.4) is 0 Å². The van der Waals surface area contributed by atoms with Gasteiger partial charge in [-0.05, 0) is 48.4 Å². The molecule has 0 saturated heterocycles. The molecule has 3 heteroatoms. The molecule has 17 heavy (non-hydrogen) atoms. The van der Waals surface area contributed by atoms with Gasteiger partial charge in [-0.3, -0.25) is 0 Å². The van der Waals surface area contributed by atoms with E-state index < -0.39 is 0 Å². The van der Waals surface area contributed by atoms with Crippen molar-refractivity contribution in [2.45, 2.75) is 39.2 Å². The van der Waals surface area contributed by atoms with E-state index in [-0.39, 0.29) is 11.2 Å². The lowest BCUT2D eigenvalue weighted by molar-refractivity contribution is 0.332. The lowest BCUT2D eigenvalue weighted by Gasteiger charge is -2.25. The van der Waals surface area contributed by atoms with Gasteiger partial charge in [-0.25, -0.2) is 4.39 Å². The Morgan fingerprint density at radius 1 is 1.41 bits per heavy atom. The standard InChI is InChI=1S/C14H19ClFN/c1-14(2,9-17-12-4-5-12)8-10-7-11(15)3-6-13(10)16/h3,6-7,12,17H,4-5,8-9H2,1-2H3. The fourth-order valence-electron chi connectivity index (χ4n) is 1.96. The highest BCUT2D eigenvalue weighted by atomic mass is 35.5. The van der Waals surface area contributed by atoms with Crippen LogP contribution in [0, 0.1) is 11.2 Å². The van der Waals surface area contributed by atoms with E-state index in [4.69, 9.17) is 11.6 Å². The van der Waals surface area contributed by atoms with Crippen LogP contribution in [0.5, 0.6) is 0 Å². The van der Waals surface area contributed by atoms with Crippen LogP contribution >= 0.6 is 11.6 Å². The summed E-state index contributed by atoms with van der Waals surface area (Å²) in [5, 5.41) is 4.10. The zero-order valence-electron chi connectivity index (χ0n) is 10.4. The van der Waals surface area contributed by atoms with Gasteiger partial charge in [-0.2, -0.15) is 0 Å². The SMILES string of the molecule is CC(C)(CNC1CC1)Cc1cc(Cl)ccc1F. The van der Waals surface area contributed by atoms with Crippen molar-refractivity contribution < 1.29 is 4.39 Å². The van der Waals surface area contributed by atoms with Crippen molar-refractivity contribution >= 4 is 11.6 Å². The van der Waals surface area contributed by atoms with Crippen molar-refractivity contribution in [1.29, 1.82) is 0 Å². The first-order valence-electron chi connectivity index (χ1n) is 6.14. The van der Waals surface area contributed by atoms with E-state index in [0.29, 0.717) is 23.0 Å². The maximum Gasteiger partial charge on any atom is 0.126 e. The Balaban J connectivity index is 1.99. The topological polar surface area (TPSA) is 12.0 Å². The maximum absolute atomic E-state index is 13.6. The molecule has 1 aromatic carbocycles. The molecule has 0 aliphatic heterocycles. The van der Waals surface area contributed by atoms with Crippen LogP contribution in [0.1, 0.15) is 32.3 Å². The van der Waals surface area contributed by atoms with Crippen molar-refractivity contribution in [3.63, 3.8) is 0 Å². The molecule has 1 fully saturated rings. The molecule has 0 unspecified atom stereocenters. The van der Waals surface area contributed by atoms with Crippen LogP contribution in [0.25, 0.3) is 0 Å². The summed E-state index contributed by atoms with van der Waals surface area (Å²) in [5.41, 5.74) is 0.758. The number of nitrogens with one attached hydrogen (secondary N) is 1. The predicted octanol–water partition coefficient (Wildman–Crippen LogP) is 3.80. The van der Waals surface area contributed by atoms with Gasteiger partial charge in [0, 0.05) is 17.6 Å². The fraction of sp³-hybridized carbons (Fsp3) is 0.571. The molecule has 1 nitrogen and oxygen atoms in total. The molecule has 1 aliphatic rings. The average Bonchev–Trinajstić information content (AvgIpc) is 3.04. The molecule has 0 radical (unpaired) electrons. The highest BCUT2D eigenvalue weighted by Gasteiger charge is 2.26. The van der Waals surface area contributed by atoms with E-state index in [2.05, 4.69) is 19.2 Å². The smallest absolute Gasteiger partial charge is 0.126 e. The van der Waals surface area contributed by atoms with Crippen molar-refractivity contribution in [3.05, 3.63) is 34.6 Å². The average molecular weight is 256 g/mol. The molecule has 94 valence electrons. The first-order chi connectivity index (χ1) is 7.96. The highest BCUT2D eigenvalue weighted by Crippen LogP contribution is 2.27. The van der Waals surface area contributed by atoms with Crippen LogP contribution in [0.2, 0.25) is 5.02 Å². The largest absolute Gasteiger partial charge is 0.313 e. The normalized spacial score (nSPS) is 16.2. The molecule has 1 aliphatic carbocycles. The summed E-state index contributed by atoms with van der Waals surface area (Å²) >= 11 is 5.90. The Morgan fingerprint density at radius 2 is 2.12 bits per heavy atom. The van der Waals surface area contributed by atoms with Crippen molar-refractivity contribution in [2.75, 3.05) is 6.54 Å². The van der Waals surface area contributed by atoms with Gasteiger partial charge in [-0.15, -0.1) is 0 Å². The van der Waals surface area contributed by atoms with E-state index in [1.54, 1.807) is 12.1 Å². The molecule has 0 heterocycles. The second-order valence-electron chi connectivity index (χ2n) is 5.73. The summed E-state index contributed by atoms with van der Waals surface area (Å²) in [4.78, 5) is 0. The van der Waals surface area contributed by atoms with Gasteiger partial charge in [0.15, 0.2) is 0 Å². The van der Waals surface area contributed by atoms with Gasteiger partial charge in [0.1, 0.15) is 5.82 Å². The van der Waals surface area contributed by atoms with Gasteiger partial charge < -0.3 is 5.32 Å². The molecular formula is C14H19ClFN. The third-order valence-corrected chi connectivity index (χ3v) is 3.36. The van der Waals surface area contributed by atoms with E-state index >= 15 is 0 Å². The highest BCUT2D eigenvalue weighted by molar-refractivity contribution is 6.30. The first-order valence-corrected chi connectivity index (χ1v) is 6.51. The minimum Gasteiger partial charge on any atom is -0.313 e. The van der Waals surface area contributed by atoms with Gasteiger partial charge in [0.25, 0.3) is 0 Å². The lowest BCUT2D eigenvalue weighted by atomic mass is 9.85. The fourth-order valence-corrected chi connectivity index (χ4v) is 2.16. The van der Waals surface area contributed by atoms with Crippen LogP contribution in [0.15, 0.2) is 18.2 Å². The number of rotatable bonds is 5. The minimum absolute atomic E-state index is 0.0497. The first kappa shape index (κ1) is 12.8. The Hall–Kier alpha value is -0.600. The second-order valence-corrected chi connectivity index (χ2v) is 6.17. The minimum atomic E-state index is -0.158. The molecule has 0 spiro atoms. The molecule has 2 rings (SSSR count). The quantitative estimate of drug-likeness (QED) is 0.844. The Bertz CT molecular complexity index is 399. The third kappa shape index (κ3) is 3.97. The molecule has 0 atom stereocenters. The summed E-state index contributed by atoms with van der Waals surface area (Å²) in [7, 11) is 0. The van der Waals surface area contributed by atoms with Crippen LogP contribution in [-0.4, -0.2) is 12.6 Å². The van der Waals surface area contributed by atoms with E-state index in [1.165, 1.54) is 18.9 Å². The van der Waals surface area contributed by atoms with Gasteiger partial charge in [0.05, 0.1) is 0 Å². The molecule has 1 N–H and O–H groups in total. The Morgan fingerprint density at radius 3 is 2.76 bits per heavy atom. The molecular weight excluding hydrogens is 237 g/mol. The van der Waals surface area contributed by atoms with Crippen molar-refractivity contribution in [1.82, 2.24) is 5.32 Å². The third-order valence-electron chi connectivity index (χ3n) is 3.12. The summed E-state index contributed by atoms with van der Waals surface area (Å²) in [6, 6.07) is 5.46. The van der Waals surface area contributed by atoms with Gasteiger partial charge in [0.2, 0.25) is 0 Å². The summed E-state index contributed by atoms with van der Waals surface area (Å²) in [6.07, 6.45) is 3.27. The van der Waals surface area contributed by atoms with Crippen LogP contribution in [-0.2, 0) is 6.42 Å². The zero-order valence-corrected chi connectivity index (χ0v) is 11.1. The number of hydrogen-bond acceptors (Lipinski definition) is 1. The molecule has 0 bridgehead atoms. The second kappa shape index (κ2) is 4.95. The number of hydrogen-bond donors (Lipinski definition) is 1. The monoisotopic (exact) mass is 255 g/mol. The molecule has 0 aromatic heterocycles. The molecule has 0 amide bonds. The lowest BCUT2D eigenvalue weighted by Crippen LogP contribution is -2.32. The Kier molecular flexibility index (Phi) is 3.74. The van der Waals surface area contributed by atoms with Crippen molar-refractivity contribution in [2.24, 2.45) is 5.41 Å². The maximum atomic E-state index is 13.6. The summed E-state index contributed by atoms with van der Waals surface area (Å²) < 4.78 is 13.6. The predicted molar refractivity (Wildman–Crippen MR) is 69.9 cm³/mol. The van der Waals surface area contributed by atoms with Gasteiger partial charge >= 0.3 is 0 Å². The van der Waals surface area contributed by atoms with Crippen LogP contribution < -0.4 is 5.32 Å². The number of halogens is 2. The summed E-state index contributed by atoms with van der Waals surface area (Å²) in [5.74, 6) is -0.158. The van der Waals surface area contributed by atoms with Crippen molar-refractivity contribution in [3.8, 4) is 0 Å². The van der Waals surface area contributed by atoms with E-state index in [0.717, 1.165) is 6.54 Å².